The standard InChI is InChI=1S/C18H24N4O2/c1-21-12-5-3-6-13(21)10-11(9-12)19-18(24)16-14-7-4-8-15(23)17(14)22(2)20-16/h4,7-8,11-13,23H,3,5-6,9-10H2,1-2H3,(H,19,24)/t11?,12-,13+/i1D3. The molecule has 2 aliphatic rings. The SMILES string of the molecule is [2H]C([2H])([2H])N1[C@@H]2CCC[C@H]1CC(NC(=O)c1nn(C)c3c(O)cccc13)C2. The lowest BCUT2D eigenvalue weighted by Crippen LogP contribution is -2.55. The molecule has 1 aromatic heterocycles. The molecule has 2 saturated heterocycles. The van der Waals surface area contributed by atoms with E-state index in [1.54, 1.807) is 30.1 Å². The highest BCUT2D eigenvalue weighted by atomic mass is 16.3. The van der Waals surface area contributed by atoms with E-state index in [0.717, 1.165) is 19.3 Å². The Hall–Kier alpha value is -2.08. The van der Waals surface area contributed by atoms with Gasteiger partial charge in [0.1, 0.15) is 11.3 Å². The van der Waals surface area contributed by atoms with Gasteiger partial charge in [0.15, 0.2) is 5.69 Å². The third-order valence-corrected chi connectivity index (χ3v) is 5.37. The molecule has 128 valence electrons. The van der Waals surface area contributed by atoms with Crippen molar-refractivity contribution in [3.8, 4) is 5.75 Å². The maximum atomic E-state index is 12.9. The lowest BCUT2D eigenvalue weighted by atomic mass is 9.82. The number of fused-ring (bicyclic) bond motifs is 3. The molecule has 2 aromatic rings. The number of amides is 1. The molecule has 0 spiro atoms. The Morgan fingerprint density at radius 3 is 2.83 bits per heavy atom. The molecule has 6 nitrogen and oxygen atoms in total. The second kappa shape index (κ2) is 5.77. The summed E-state index contributed by atoms with van der Waals surface area (Å²) in [7, 11) is 1.69. The van der Waals surface area contributed by atoms with Crippen molar-refractivity contribution in [1.82, 2.24) is 20.0 Å². The van der Waals surface area contributed by atoms with Crippen LogP contribution in [0.2, 0.25) is 0 Å². The molecule has 0 radical (unpaired) electrons. The summed E-state index contributed by atoms with van der Waals surface area (Å²) in [5.74, 6) is -0.196. The van der Waals surface area contributed by atoms with Crippen LogP contribution in [0.5, 0.6) is 5.75 Å². The molecule has 3 heterocycles. The van der Waals surface area contributed by atoms with E-state index in [9.17, 15) is 9.90 Å². The molecule has 24 heavy (non-hydrogen) atoms. The third kappa shape index (κ3) is 2.45. The summed E-state index contributed by atoms with van der Waals surface area (Å²) < 4.78 is 25.0. The maximum absolute atomic E-state index is 12.9. The first-order valence-corrected chi connectivity index (χ1v) is 8.49. The van der Waals surface area contributed by atoms with E-state index in [4.69, 9.17) is 4.11 Å². The zero-order valence-electron chi connectivity index (χ0n) is 16.7. The first kappa shape index (κ1) is 12.3. The molecule has 6 heteroatoms. The number of hydrogen-bond acceptors (Lipinski definition) is 4. The molecule has 0 aliphatic carbocycles. The van der Waals surface area contributed by atoms with Gasteiger partial charge in [0, 0.05) is 34.7 Å². The summed E-state index contributed by atoms with van der Waals surface area (Å²) in [6.07, 6.45) is 4.00. The van der Waals surface area contributed by atoms with Crippen molar-refractivity contribution in [3.63, 3.8) is 0 Å². The van der Waals surface area contributed by atoms with Crippen molar-refractivity contribution in [1.29, 1.82) is 0 Å². The molecular weight excluding hydrogens is 304 g/mol. The molecule has 1 aromatic carbocycles. The van der Waals surface area contributed by atoms with Gasteiger partial charge in [0.05, 0.1) is 0 Å². The minimum atomic E-state index is -2.08. The number of piperidine rings is 2. The zero-order valence-corrected chi connectivity index (χ0v) is 13.7. The molecule has 2 bridgehead atoms. The van der Waals surface area contributed by atoms with Gasteiger partial charge < -0.3 is 15.3 Å². The number of aromatic nitrogens is 2. The van der Waals surface area contributed by atoms with Crippen LogP contribution in [0, 0.1) is 0 Å². The summed E-state index contributed by atoms with van der Waals surface area (Å²) in [6, 6.07) is 4.90. The van der Waals surface area contributed by atoms with E-state index in [2.05, 4.69) is 10.4 Å². The number of phenols is 1. The summed E-state index contributed by atoms with van der Waals surface area (Å²) >= 11 is 0. The van der Waals surface area contributed by atoms with E-state index in [1.807, 2.05) is 0 Å². The zero-order chi connectivity index (χ0) is 19.3. The molecule has 2 N–H and O–H groups in total. The van der Waals surface area contributed by atoms with Crippen LogP contribution in [0.3, 0.4) is 0 Å². The van der Waals surface area contributed by atoms with Gasteiger partial charge in [0.2, 0.25) is 0 Å². The third-order valence-electron chi connectivity index (χ3n) is 5.37. The number of phenolic OH excluding ortho intramolecular Hbond substituents is 1. The highest BCUT2D eigenvalue weighted by molar-refractivity contribution is 6.06. The number of nitrogens with one attached hydrogen (secondary N) is 1. The lowest BCUT2D eigenvalue weighted by molar-refractivity contribution is 0.0462. The van der Waals surface area contributed by atoms with Crippen molar-refractivity contribution in [3.05, 3.63) is 23.9 Å². The van der Waals surface area contributed by atoms with Crippen LogP contribution in [-0.2, 0) is 7.05 Å². The smallest absolute Gasteiger partial charge is 0.272 e. The Morgan fingerprint density at radius 2 is 2.12 bits per heavy atom. The fraction of sp³-hybridized carbons (Fsp3) is 0.556. The first-order chi connectivity index (χ1) is 12.8. The van der Waals surface area contributed by atoms with E-state index >= 15 is 0 Å². The van der Waals surface area contributed by atoms with E-state index in [0.29, 0.717) is 23.7 Å². The first-order valence-electron chi connectivity index (χ1n) is 9.99. The Balaban J connectivity index is 1.54. The summed E-state index contributed by atoms with van der Waals surface area (Å²) in [5, 5.41) is 18.0. The van der Waals surface area contributed by atoms with Crippen LogP contribution >= 0.6 is 0 Å². The number of para-hydroxylation sites is 1. The van der Waals surface area contributed by atoms with Gasteiger partial charge in [-0.15, -0.1) is 0 Å². The Kier molecular flexibility index (Phi) is 2.96. The van der Waals surface area contributed by atoms with Gasteiger partial charge in [0.25, 0.3) is 5.91 Å². The molecule has 1 unspecified atom stereocenters. The number of benzene rings is 1. The summed E-state index contributed by atoms with van der Waals surface area (Å²) in [5.41, 5.74) is 0.809. The van der Waals surface area contributed by atoms with Crippen molar-refractivity contribution in [2.75, 3.05) is 6.98 Å². The number of aryl methyl sites for hydroxylation is 1. The average Bonchev–Trinajstić information content (AvgIpc) is 2.91. The normalized spacial score (nSPS) is 29.7. The fourth-order valence-electron chi connectivity index (χ4n) is 4.24. The minimum Gasteiger partial charge on any atom is -0.506 e. The molecule has 2 fully saturated rings. The van der Waals surface area contributed by atoms with Gasteiger partial charge in [-0.05, 0) is 38.7 Å². The quantitative estimate of drug-likeness (QED) is 0.883. The van der Waals surface area contributed by atoms with Crippen LogP contribution in [-0.4, -0.2) is 50.8 Å². The maximum Gasteiger partial charge on any atom is 0.272 e. The number of carbonyl (C=O) groups excluding carboxylic acids is 1. The number of nitrogens with zero attached hydrogens (tertiary/aromatic N) is 3. The average molecular weight is 331 g/mol. The van der Waals surface area contributed by atoms with E-state index in [-0.39, 0.29) is 35.5 Å². The summed E-state index contributed by atoms with van der Waals surface area (Å²) in [4.78, 5) is 14.5. The number of hydrogen-bond donors (Lipinski definition) is 2. The Morgan fingerprint density at radius 1 is 1.38 bits per heavy atom. The summed E-state index contributed by atoms with van der Waals surface area (Å²) in [6.45, 7) is -2.08. The van der Waals surface area contributed by atoms with Crippen LogP contribution in [0.4, 0.5) is 0 Å². The molecule has 0 saturated carbocycles. The molecule has 3 atom stereocenters. The van der Waals surface area contributed by atoms with Gasteiger partial charge in [-0.25, -0.2) is 0 Å². The van der Waals surface area contributed by atoms with Gasteiger partial charge >= 0.3 is 0 Å². The van der Waals surface area contributed by atoms with E-state index < -0.39 is 6.98 Å². The Bertz CT molecular complexity index is 865. The fourth-order valence-corrected chi connectivity index (χ4v) is 4.24. The second-order valence-electron chi connectivity index (χ2n) is 6.93. The van der Waals surface area contributed by atoms with Crippen LogP contribution < -0.4 is 5.32 Å². The second-order valence-corrected chi connectivity index (χ2v) is 6.93. The molecule has 1 amide bonds. The lowest BCUT2D eigenvalue weighted by Gasteiger charge is -2.47. The highest BCUT2D eigenvalue weighted by Gasteiger charge is 2.36. The Labute approximate surface area is 145 Å². The van der Waals surface area contributed by atoms with E-state index in [1.165, 1.54) is 4.68 Å². The van der Waals surface area contributed by atoms with Crippen molar-refractivity contribution in [2.45, 2.75) is 50.2 Å². The van der Waals surface area contributed by atoms with Crippen molar-refractivity contribution in [2.24, 2.45) is 7.05 Å². The van der Waals surface area contributed by atoms with Gasteiger partial charge in [-0.2, -0.15) is 5.10 Å². The van der Waals surface area contributed by atoms with Crippen LogP contribution in [0.15, 0.2) is 18.2 Å². The van der Waals surface area contributed by atoms with Gasteiger partial charge in [-0.3, -0.25) is 9.48 Å². The van der Waals surface area contributed by atoms with Crippen LogP contribution in [0.25, 0.3) is 10.9 Å². The largest absolute Gasteiger partial charge is 0.506 e. The predicted molar refractivity (Wildman–Crippen MR) is 92.1 cm³/mol. The number of carbonyl (C=O) groups is 1. The van der Waals surface area contributed by atoms with Crippen molar-refractivity contribution < 1.29 is 14.0 Å². The van der Waals surface area contributed by atoms with Crippen molar-refractivity contribution >= 4 is 16.8 Å². The molecule has 2 aliphatic heterocycles. The number of rotatable bonds is 2. The predicted octanol–water partition coefficient (Wildman–Crippen LogP) is 2.02. The highest BCUT2D eigenvalue weighted by Crippen LogP contribution is 2.33. The monoisotopic (exact) mass is 331 g/mol. The van der Waals surface area contributed by atoms with Crippen LogP contribution in [0.1, 0.15) is 46.7 Å². The minimum absolute atomic E-state index is 0.0279. The molecule has 4 rings (SSSR count). The number of aromatic hydroxyl groups is 1. The molecular formula is C18H24N4O2. The topological polar surface area (TPSA) is 70.4 Å². The van der Waals surface area contributed by atoms with Gasteiger partial charge in [-0.1, -0.05) is 18.6 Å².